The SMILES string of the molecule is O=S(=O)(O)c1cccc(CS)c1. The van der Waals surface area contributed by atoms with Gasteiger partial charge in [0.05, 0.1) is 4.90 Å². The molecule has 0 aromatic heterocycles. The van der Waals surface area contributed by atoms with Crippen molar-refractivity contribution in [2.24, 2.45) is 0 Å². The van der Waals surface area contributed by atoms with E-state index in [4.69, 9.17) is 4.55 Å². The Hall–Kier alpha value is -0.520. The Morgan fingerprint density at radius 3 is 2.58 bits per heavy atom. The molecule has 12 heavy (non-hydrogen) atoms. The molecular formula is C7H8O3S2. The topological polar surface area (TPSA) is 54.4 Å². The molecule has 3 nitrogen and oxygen atoms in total. The van der Waals surface area contributed by atoms with Gasteiger partial charge in [-0.05, 0) is 17.7 Å². The second-order valence-electron chi connectivity index (χ2n) is 2.28. The van der Waals surface area contributed by atoms with Crippen LogP contribution in [0, 0.1) is 0 Å². The standard InChI is InChI=1S/C7H8O3S2/c8-12(9,10)7-3-1-2-6(4-7)5-11/h1-4,11H,5H2,(H,8,9,10). The highest BCUT2D eigenvalue weighted by atomic mass is 32.2. The highest BCUT2D eigenvalue weighted by molar-refractivity contribution is 7.85. The van der Waals surface area contributed by atoms with Crippen molar-refractivity contribution in [1.82, 2.24) is 0 Å². The van der Waals surface area contributed by atoms with Gasteiger partial charge in [-0.25, -0.2) is 0 Å². The molecule has 1 rings (SSSR count). The van der Waals surface area contributed by atoms with Crippen molar-refractivity contribution < 1.29 is 13.0 Å². The van der Waals surface area contributed by atoms with E-state index in [1.54, 1.807) is 12.1 Å². The largest absolute Gasteiger partial charge is 0.294 e. The lowest BCUT2D eigenvalue weighted by atomic mass is 10.2. The van der Waals surface area contributed by atoms with Gasteiger partial charge in [0.25, 0.3) is 10.1 Å². The first-order chi connectivity index (χ1) is 5.54. The average molecular weight is 204 g/mol. The molecule has 0 radical (unpaired) electrons. The fourth-order valence-electron chi connectivity index (χ4n) is 0.804. The zero-order chi connectivity index (χ0) is 9.19. The van der Waals surface area contributed by atoms with E-state index >= 15 is 0 Å². The summed E-state index contributed by atoms with van der Waals surface area (Å²) in [7, 11) is -4.07. The Bertz CT molecular complexity index is 370. The lowest BCUT2D eigenvalue weighted by Crippen LogP contribution is -1.98. The first kappa shape index (κ1) is 9.57. The van der Waals surface area contributed by atoms with Crippen LogP contribution in [-0.2, 0) is 15.9 Å². The van der Waals surface area contributed by atoms with E-state index < -0.39 is 10.1 Å². The fourth-order valence-corrected chi connectivity index (χ4v) is 1.55. The first-order valence-electron chi connectivity index (χ1n) is 3.21. The van der Waals surface area contributed by atoms with Crippen LogP contribution in [0.5, 0.6) is 0 Å². The number of benzene rings is 1. The number of rotatable bonds is 2. The molecule has 0 fully saturated rings. The van der Waals surface area contributed by atoms with E-state index in [1.165, 1.54) is 12.1 Å². The zero-order valence-electron chi connectivity index (χ0n) is 6.14. The van der Waals surface area contributed by atoms with E-state index in [-0.39, 0.29) is 4.90 Å². The number of hydrogen-bond donors (Lipinski definition) is 2. The van der Waals surface area contributed by atoms with Gasteiger partial charge in [0.1, 0.15) is 0 Å². The third-order valence-electron chi connectivity index (χ3n) is 1.38. The highest BCUT2D eigenvalue weighted by Gasteiger charge is 2.08. The first-order valence-corrected chi connectivity index (χ1v) is 5.28. The van der Waals surface area contributed by atoms with Crippen molar-refractivity contribution in [2.75, 3.05) is 0 Å². The molecule has 0 saturated heterocycles. The van der Waals surface area contributed by atoms with E-state index in [0.29, 0.717) is 5.75 Å². The summed E-state index contributed by atoms with van der Waals surface area (Å²) in [5.74, 6) is 0.448. The minimum Gasteiger partial charge on any atom is -0.282 e. The van der Waals surface area contributed by atoms with Gasteiger partial charge >= 0.3 is 0 Å². The summed E-state index contributed by atoms with van der Waals surface area (Å²) < 4.78 is 29.9. The van der Waals surface area contributed by atoms with E-state index in [1.807, 2.05) is 0 Å². The number of thiol groups is 1. The van der Waals surface area contributed by atoms with Crippen LogP contribution in [0.25, 0.3) is 0 Å². The van der Waals surface area contributed by atoms with Gasteiger partial charge in [-0.3, -0.25) is 4.55 Å². The molecular weight excluding hydrogens is 196 g/mol. The maximum Gasteiger partial charge on any atom is 0.294 e. The summed E-state index contributed by atoms with van der Waals surface area (Å²) in [6, 6.07) is 6.03. The Morgan fingerprint density at radius 1 is 1.42 bits per heavy atom. The van der Waals surface area contributed by atoms with Crippen LogP contribution in [0.1, 0.15) is 5.56 Å². The highest BCUT2D eigenvalue weighted by Crippen LogP contribution is 2.12. The van der Waals surface area contributed by atoms with Gasteiger partial charge in [-0.1, -0.05) is 12.1 Å². The quantitative estimate of drug-likeness (QED) is 0.565. The minimum absolute atomic E-state index is 0.0888. The Kier molecular flexibility index (Phi) is 2.76. The molecule has 66 valence electrons. The van der Waals surface area contributed by atoms with Crippen molar-refractivity contribution in [3.05, 3.63) is 29.8 Å². The lowest BCUT2D eigenvalue weighted by Gasteiger charge is -1.98. The third kappa shape index (κ3) is 2.23. The molecule has 1 N–H and O–H groups in total. The maximum atomic E-state index is 10.6. The predicted molar refractivity (Wildman–Crippen MR) is 48.9 cm³/mol. The van der Waals surface area contributed by atoms with Crippen LogP contribution in [0.15, 0.2) is 29.2 Å². The van der Waals surface area contributed by atoms with Crippen LogP contribution in [0.3, 0.4) is 0 Å². The van der Waals surface area contributed by atoms with Gasteiger partial charge in [0.15, 0.2) is 0 Å². The minimum atomic E-state index is -4.07. The van der Waals surface area contributed by atoms with Crippen molar-refractivity contribution in [2.45, 2.75) is 10.6 Å². The predicted octanol–water partition coefficient (Wildman–Crippen LogP) is 1.36. The molecule has 1 aromatic carbocycles. The summed E-state index contributed by atoms with van der Waals surface area (Å²) in [5.41, 5.74) is 0.758. The summed E-state index contributed by atoms with van der Waals surface area (Å²) in [5, 5.41) is 0. The molecule has 0 saturated carbocycles. The number of hydrogen-bond acceptors (Lipinski definition) is 3. The van der Waals surface area contributed by atoms with Crippen LogP contribution in [-0.4, -0.2) is 13.0 Å². The van der Waals surface area contributed by atoms with E-state index in [2.05, 4.69) is 12.6 Å². The molecule has 0 unspecified atom stereocenters. The van der Waals surface area contributed by atoms with Crippen LogP contribution in [0.4, 0.5) is 0 Å². The van der Waals surface area contributed by atoms with Crippen molar-refractivity contribution in [3.63, 3.8) is 0 Å². The maximum absolute atomic E-state index is 10.6. The van der Waals surface area contributed by atoms with Crippen molar-refractivity contribution in [1.29, 1.82) is 0 Å². The molecule has 0 amide bonds. The molecule has 0 aliphatic carbocycles. The van der Waals surface area contributed by atoms with Crippen molar-refractivity contribution in [3.8, 4) is 0 Å². The normalized spacial score (nSPS) is 11.5. The second-order valence-corrected chi connectivity index (χ2v) is 4.02. The molecule has 0 atom stereocenters. The van der Waals surface area contributed by atoms with Gasteiger partial charge in [-0.15, -0.1) is 0 Å². The molecule has 1 aromatic rings. The molecule has 5 heteroatoms. The van der Waals surface area contributed by atoms with Gasteiger partial charge in [0.2, 0.25) is 0 Å². The average Bonchev–Trinajstić information content (AvgIpc) is 2.03. The summed E-state index contributed by atoms with van der Waals surface area (Å²) in [4.78, 5) is -0.0888. The van der Waals surface area contributed by atoms with E-state index in [9.17, 15) is 8.42 Å². The van der Waals surface area contributed by atoms with Gasteiger partial charge in [-0.2, -0.15) is 21.0 Å². The van der Waals surface area contributed by atoms with Gasteiger partial charge < -0.3 is 0 Å². The summed E-state index contributed by atoms with van der Waals surface area (Å²) in [6.07, 6.45) is 0. The Balaban J connectivity index is 3.20. The molecule has 0 bridgehead atoms. The Labute approximate surface area is 76.6 Å². The van der Waals surface area contributed by atoms with E-state index in [0.717, 1.165) is 5.56 Å². The summed E-state index contributed by atoms with van der Waals surface area (Å²) in [6.45, 7) is 0. The molecule has 0 aliphatic rings. The third-order valence-corrected chi connectivity index (χ3v) is 2.59. The van der Waals surface area contributed by atoms with Crippen LogP contribution in [0.2, 0.25) is 0 Å². The van der Waals surface area contributed by atoms with Crippen LogP contribution < -0.4 is 0 Å². The molecule has 0 heterocycles. The Morgan fingerprint density at radius 2 is 2.08 bits per heavy atom. The van der Waals surface area contributed by atoms with Gasteiger partial charge in [0, 0.05) is 5.75 Å². The second kappa shape index (κ2) is 3.47. The monoisotopic (exact) mass is 204 g/mol. The summed E-state index contributed by atoms with van der Waals surface area (Å²) >= 11 is 3.98. The fraction of sp³-hybridized carbons (Fsp3) is 0.143. The molecule has 0 aliphatic heterocycles. The van der Waals surface area contributed by atoms with Crippen LogP contribution >= 0.6 is 12.6 Å². The lowest BCUT2D eigenvalue weighted by molar-refractivity contribution is 0.483. The van der Waals surface area contributed by atoms with Crippen molar-refractivity contribution >= 4 is 22.7 Å². The zero-order valence-corrected chi connectivity index (χ0v) is 7.85. The molecule has 0 spiro atoms. The smallest absolute Gasteiger partial charge is 0.282 e.